The van der Waals surface area contributed by atoms with E-state index in [9.17, 15) is 9.90 Å². The van der Waals surface area contributed by atoms with Gasteiger partial charge in [0.25, 0.3) is 0 Å². The van der Waals surface area contributed by atoms with Crippen LogP contribution in [0.2, 0.25) is 0 Å². The summed E-state index contributed by atoms with van der Waals surface area (Å²) in [6.45, 7) is 2.66. The maximum absolute atomic E-state index is 11.9. The van der Waals surface area contributed by atoms with Crippen LogP contribution in [0.1, 0.15) is 17.3 Å². The molecule has 0 aromatic heterocycles. The van der Waals surface area contributed by atoms with Crippen molar-refractivity contribution in [2.24, 2.45) is 4.99 Å². The molecule has 1 aliphatic heterocycles. The van der Waals surface area contributed by atoms with Crippen LogP contribution in [0.15, 0.2) is 70.1 Å². The zero-order valence-electron chi connectivity index (χ0n) is 16.6. The van der Waals surface area contributed by atoms with Crippen LogP contribution in [-0.2, 0) is 0 Å². The van der Waals surface area contributed by atoms with E-state index < -0.39 is 5.97 Å². The molecule has 1 N–H and O–H groups in total. The summed E-state index contributed by atoms with van der Waals surface area (Å²) in [6.07, 6.45) is 0. The summed E-state index contributed by atoms with van der Waals surface area (Å²) < 4.78 is 6.25. The Morgan fingerprint density at radius 2 is 1.83 bits per heavy atom. The van der Waals surface area contributed by atoms with Gasteiger partial charge in [-0.15, -0.1) is 0 Å². The zero-order chi connectivity index (χ0) is 20.5. The van der Waals surface area contributed by atoms with Gasteiger partial charge in [-0.1, -0.05) is 18.2 Å². The highest BCUT2D eigenvalue weighted by Crippen LogP contribution is 2.41. The summed E-state index contributed by atoms with van der Waals surface area (Å²) in [7, 11) is 3.95. The Bertz CT molecular complexity index is 1250. The highest BCUT2D eigenvalue weighted by atomic mass is 16.4. The van der Waals surface area contributed by atoms with Gasteiger partial charge in [0.15, 0.2) is 0 Å². The van der Waals surface area contributed by atoms with Gasteiger partial charge in [0.1, 0.15) is 11.3 Å². The quantitative estimate of drug-likeness (QED) is 0.507. The highest BCUT2D eigenvalue weighted by Gasteiger charge is 2.21. The molecule has 146 valence electrons. The van der Waals surface area contributed by atoms with Crippen molar-refractivity contribution in [3.8, 4) is 22.5 Å². The fourth-order valence-corrected chi connectivity index (χ4v) is 3.60. The average molecular weight is 386 g/mol. The van der Waals surface area contributed by atoms with Gasteiger partial charge in [-0.3, -0.25) is 4.99 Å². The number of carbonyl (C=O) groups is 1. The van der Waals surface area contributed by atoms with Gasteiger partial charge in [-0.05, 0) is 42.8 Å². The molecule has 0 saturated carbocycles. The molecule has 2 aromatic carbocycles. The molecule has 4 rings (SSSR count). The molecule has 1 aliphatic carbocycles. The predicted octanol–water partition coefficient (Wildman–Crippen LogP) is 4.89. The zero-order valence-corrected chi connectivity index (χ0v) is 16.6. The van der Waals surface area contributed by atoms with Crippen LogP contribution >= 0.6 is 0 Å². The first kappa shape index (κ1) is 18.7. The molecule has 0 amide bonds. The van der Waals surface area contributed by atoms with E-state index in [2.05, 4.69) is 4.99 Å². The summed E-state index contributed by atoms with van der Waals surface area (Å²) in [6, 6.07) is 18.9. The van der Waals surface area contributed by atoms with E-state index in [-0.39, 0.29) is 5.56 Å². The van der Waals surface area contributed by atoms with Crippen LogP contribution in [0.25, 0.3) is 33.4 Å². The average Bonchev–Trinajstić information content (AvgIpc) is 2.71. The molecule has 0 fully saturated rings. The van der Waals surface area contributed by atoms with Gasteiger partial charge in [0.05, 0.1) is 10.9 Å². The van der Waals surface area contributed by atoms with Crippen molar-refractivity contribution in [1.82, 2.24) is 0 Å². The van der Waals surface area contributed by atoms with Crippen LogP contribution in [0, 0.1) is 0 Å². The molecule has 0 saturated heterocycles. The lowest BCUT2D eigenvalue weighted by Gasteiger charge is -2.19. The second-order valence-corrected chi connectivity index (χ2v) is 7.06. The fraction of sp³-hybridized carbons (Fsp3) is 0.167. The minimum atomic E-state index is -0.954. The third kappa shape index (κ3) is 3.36. The molecule has 29 heavy (non-hydrogen) atoms. The third-order valence-corrected chi connectivity index (χ3v) is 4.97. The van der Waals surface area contributed by atoms with Gasteiger partial charge in [-0.2, -0.15) is 0 Å². The number of carboxylic acid groups (broad SMARTS) is 1. The van der Waals surface area contributed by atoms with Gasteiger partial charge < -0.3 is 14.4 Å². The van der Waals surface area contributed by atoms with Crippen LogP contribution in [0.3, 0.4) is 0 Å². The first-order chi connectivity index (χ1) is 14.0. The van der Waals surface area contributed by atoms with Gasteiger partial charge in [0.2, 0.25) is 0 Å². The Kier molecular flexibility index (Phi) is 4.80. The lowest BCUT2D eigenvalue weighted by Crippen LogP contribution is -2.08. The molecule has 2 aromatic rings. The summed E-state index contributed by atoms with van der Waals surface area (Å²) in [5.74, 6) is -0.275. The number of fused-ring (bicyclic) bond motifs is 2. The molecular formula is C24H22N2O3. The third-order valence-electron chi connectivity index (χ3n) is 4.97. The fourth-order valence-electron chi connectivity index (χ4n) is 3.60. The predicted molar refractivity (Wildman–Crippen MR) is 116 cm³/mol. The smallest absolute Gasteiger partial charge is 0.336 e. The van der Waals surface area contributed by atoms with Crippen molar-refractivity contribution < 1.29 is 14.3 Å². The van der Waals surface area contributed by atoms with Crippen molar-refractivity contribution in [2.45, 2.75) is 6.92 Å². The van der Waals surface area contributed by atoms with Crippen molar-refractivity contribution in [1.29, 1.82) is 0 Å². The van der Waals surface area contributed by atoms with Crippen molar-refractivity contribution in [3.63, 3.8) is 0 Å². The SMILES string of the molecule is CCN=c1ccc2c(-c3ccccc3C(=O)O)c3ccc(N(C)C)cc3oc-2c1. The van der Waals surface area contributed by atoms with E-state index in [1.165, 1.54) is 0 Å². The molecule has 5 nitrogen and oxygen atoms in total. The second-order valence-electron chi connectivity index (χ2n) is 7.06. The highest BCUT2D eigenvalue weighted by molar-refractivity contribution is 6.07. The molecule has 5 heteroatoms. The standard InChI is InChI=1S/C24H22N2O3/c1-4-25-15-9-11-19-21(13-15)29-22-14-16(26(2)3)10-12-20(22)23(19)17-7-5-6-8-18(17)24(27)28/h5-14H,4H2,1-3H3,(H,27,28). The maximum Gasteiger partial charge on any atom is 0.336 e. The normalized spacial score (nSPS) is 11.9. The van der Waals surface area contributed by atoms with Crippen molar-refractivity contribution in [2.75, 3.05) is 25.5 Å². The summed E-state index contributed by atoms with van der Waals surface area (Å²) in [5.41, 5.74) is 4.36. The van der Waals surface area contributed by atoms with E-state index in [1.807, 2.05) is 74.4 Å². The van der Waals surface area contributed by atoms with Gasteiger partial charge in [-0.25, -0.2) is 4.79 Å². The number of hydrogen-bond donors (Lipinski definition) is 1. The topological polar surface area (TPSA) is 66.0 Å². The van der Waals surface area contributed by atoms with Gasteiger partial charge in [0, 0.05) is 55.0 Å². The van der Waals surface area contributed by atoms with Crippen LogP contribution in [0.5, 0.6) is 0 Å². The van der Waals surface area contributed by atoms with Crippen LogP contribution < -0.4 is 10.3 Å². The molecule has 1 heterocycles. The van der Waals surface area contributed by atoms with E-state index in [4.69, 9.17) is 4.42 Å². The summed E-state index contributed by atoms with van der Waals surface area (Å²) in [5, 5.41) is 11.5. The Morgan fingerprint density at radius 1 is 1.03 bits per heavy atom. The van der Waals surface area contributed by atoms with Crippen LogP contribution in [-0.4, -0.2) is 31.7 Å². The summed E-state index contributed by atoms with van der Waals surface area (Å²) in [4.78, 5) is 18.4. The molecule has 0 atom stereocenters. The number of nitrogens with zero attached hydrogens (tertiary/aromatic N) is 2. The molecule has 0 unspecified atom stereocenters. The number of rotatable bonds is 4. The minimum Gasteiger partial charge on any atom is -0.478 e. The first-order valence-electron chi connectivity index (χ1n) is 9.50. The van der Waals surface area contributed by atoms with E-state index >= 15 is 0 Å². The summed E-state index contributed by atoms with van der Waals surface area (Å²) >= 11 is 0. The number of carboxylic acids is 1. The monoisotopic (exact) mass is 386 g/mol. The molecule has 0 bridgehead atoms. The molecule has 0 radical (unpaired) electrons. The van der Waals surface area contributed by atoms with E-state index in [1.54, 1.807) is 12.1 Å². The number of hydrogen-bond acceptors (Lipinski definition) is 4. The van der Waals surface area contributed by atoms with E-state index in [0.717, 1.165) is 27.6 Å². The Morgan fingerprint density at radius 3 is 2.55 bits per heavy atom. The van der Waals surface area contributed by atoms with E-state index in [0.29, 0.717) is 23.5 Å². The molecule has 2 aliphatic rings. The lowest BCUT2D eigenvalue weighted by molar-refractivity contribution is 0.0697. The van der Waals surface area contributed by atoms with Crippen molar-refractivity contribution in [3.05, 3.63) is 71.6 Å². The Balaban J connectivity index is 2.16. The Hall–Kier alpha value is -3.60. The van der Waals surface area contributed by atoms with Crippen molar-refractivity contribution >= 4 is 22.6 Å². The largest absolute Gasteiger partial charge is 0.478 e. The first-order valence-corrected chi connectivity index (χ1v) is 9.50. The number of benzene rings is 3. The molecule has 0 spiro atoms. The number of anilines is 1. The minimum absolute atomic E-state index is 0.264. The van der Waals surface area contributed by atoms with Gasteiger partial charge >= 0.3 is 5.97 Å². The maximum atomic E-state index is 11.9. The molecular weight excluding hydrogens is 364 g/mol. The lowest BCUT2D eigenvalue weighted by atomic mass is 9.90. The van der Waals surface area contributed by atoms with Crippen LogP contribution in [0.4, 0.5) is 5.69 Å². The number of aromatic carboxylic acids is 1. The second kappa shape index (κ2) is 7.43. The Labute approximate surface area is 168 Å².